The number of hydrogen-bond acceptors (Lipinski definition) is 3. The molecule has 76 valence electrons. The second kappa shape index (κ2) is 4.30. The van der Waals surface area contributed by atoms with E-state index >= 15 is 0 Å². The topological polar surface area (TPSA) is 66.8 Å². The molecule has 0 aromatic heterocycles. The third kappa shape index (κ3) is 2.16. The molecule has 0 aliphatic carbocycles. The van der Waals surface area contributed by atoms with Gasteiger partial charge in [0.1, 0.15) is 11.3 Å². The Kier molecular flexibility index (Phi) is 3.33. The number of methoxy groups -OCH3 is 1. The molecule has 0 amide bonds. The number of benzene rings is 1. The Morgan fingerprint density at radius 3 is 2.71 bits per heavy atom. The number of rotatable bonds is 3. The van der Waals surface area contributed by atoms with E-state index in [1.165, 1.54) is 19.2 Å². The zero-order valence-electron chi connectivity index (χ0n) is 7.45. The van der Waals surface area contributed by atoms with Crippen LogP contribution in [0.1, 0.15) is 15.9 Å². The summed E-state index contributed by atoms with van der Waals surface area (Å²) in [5.41, 5.74) is 0.141. The molecule has 0 atom stereocenters. The van der Waals surface area contributed by atoms with Crippen LogP contribution >= 0.6 is 11.6 Å². The average molecular weight is 217 g/mol. The van der Waals surface area contributed by atoms with Gasteiger partial charge in [-0.15, -0.1) is 0 Å². The minimum atomic E-state index is -1.22. The second-order valence-electron chi connectivity index (χ2n) is 2.70. The summed E-state index contributed by atoms with van der Waals surface area (Å²) in [5.74, 6) is -1.52. The summed E-state index contributed by atoms with van der Waals surface area (Å²) in [5, 5.41) is 18.5. The molecule has 2 N–H and O–H groups in total. The van der Waals surface area contributed by atoms with Gasteiger partial charge in [-0.25, -0.2) is 4.79 Å². The summed E-state index contributed by atoms with van der Waals surface area (Å²) in [4.78, 5) is 10.7. The number of ether oxygens (including phenoxy) is 1. The summed E-state index contributed by atoms with van der Waals surface area (Å²) >= 11 is 5.67. The highest BCUT2D eigenvalue weighted by Crippen LogP contribution is 2.27. The number of halogens is 1. The van der Waals surface area contributed by atoms with Crippen molar-refractivity contribution in [2.24, 2.45) is 0 Å². The van der Waals surface area contributed by atoms with Crippen LogP contribution in [0.25, 0.3) is 0 Å². The average Bonchev–Trinajstić information content (AvgIpc) is 2.10. The van der Waals surface area contributed by atoms with E-state index in [0.29, 0.717) is 5.56 Å². The maximum atomic E-state index is 10.7. The van der Waals surface area contributed by atoms with Crippen LogP contribution in [0, 0.1) is 0 Å². The van der Waals surface area contributed by atoms with Crippen LogP contribution in [0.15, 0.2) is 12.1 Å². The van der Waals surface area contributed by atoms with Gasteiger partial charge >= 0.3 is 5.97 Å². The number of aromatic carboxylic acids is 1. The van der Waals surface area contributed by atoms with Crippen molar-refractivity contribution in [2.45, 2.75) is 6.61 Å². The molecule has 0 radical (unpaired) electrons. The Morgan fingerprint density at radius 2 is 2.21 bits per heavy atom. The molecule has 0 aliphatic rings. The van der Waals surface area contributed by atoms with Crippen LogP contribution in [0.5, 0.6) is 5.75 Å². The number of aromatic hydroxyl groups is 1. The van der Waals surface area contributed by atoms with Crippen molar-refractivity contribution in [3.8, 4) is 5.75 Å². The molecule has 0 fully saturated rings. The minimum Gasteiger partial charge on any atom is -0.507 e. The lowest BCUT2D eigenvalue weighted by atomic mass is 10.1. The molecule has 0 bridgehead atoms. The molecular formula is C9H9ClO4. The fraction of sp³-hybridized carbons (Fsp3) is 0.222. The van der Waals surface area contributed by atoms with Gasteiger partial charge in [-0.1, -0.05) is 11.6 Å². The van der Waals surface area contributed by atoms with Gasteiger partial charge in [0.2, 0.25) is 0 Å². The number of phenols is 1. The van der Waals surface area contributed by atoms with Crippen LogP contribution in [-0.2, 0) is 11.3 Å². The molecule has 0 saturated heterocycles. The van der Waals surface area contributed by atoms with Crippen LogP contribution in [-0.4, -0.2) is 23.3 Å². The normalized spacial score (nSPS) is 10.1. The summed E-state index contributed by atoms with van der Waals surface area (Å²) in [6, 6.07) is 2.66. The van der Waals surface area contributed by atoms with Gasteiger partial charge in [0.15, 0.2) is 0 Å². The van der Waals surface area contributed by atoms with Gasteiger partial charge in [-0.05, 0) is 12.1 Å². The summed E-state index contributed by atoms with van der Waals surface area (Å²) in [6.07, 6.45) is 0. The first-order valence-electron chi connectivity index (χ1n) is 3.80. The Balaban J connectivity index is 3.24. The summed E-state index contributed by atoms with van der Waals surface area (Å²) < 4.78 is 4.79. The molecule has 0 unspecified atom stereocenters. The molecule has 0 saturated carbocycles. The molecular weight excluding hydrogens is 208 g/mol. The van der Waals surface area contributed by atoms with Gasteiger partial charge in [0.05, 0.1) is 6.61 Å². The minimum absolute atomic E-state index is 0.118. The van der Waals surface area contributed by atoms with Crippen LogP contribution < -0.4 is 0 Å². The SMILES string of the molecule is COCc1cc(Cl)cc(C(=O)O)c1O. The third-order valence-corrected chi connectivity index (χ3v) is 1.90. The molecule has 0 aliphatic heterocycles. The van der Waals surface area contributed by atoms with E-state index in [1.54, 1.807) is 0 Å². The van der Waals surface area contributed by atoms with Crippen molar-refractivity contribution in [1.82, 2.24) is 0 Å². The fourth-order valence-corrected chi connectivity index (χ4v) is 1.33. The Labute approximate surface area is 85.7 Å². The molecule has 1 rings (SSSR count). The highest BCUT2D eigenvalue weighted by atomic mass is 35.5. The first kappa shape index (κ1) is 10.8. The van der Waals surface area contributed by atoms with Crippen molar-refractivity contribution in [1.29, 1.82) is 0 Å². The van der Waals surface area contributed by atoms with E-state index in [4.69, 9.17) is 21.4 Å². The van der Waals surface area contributed by atoms with Gasteiger partial charge in [-0.2, -0.15) is 0 Å². The zero-order valence-corrected chi connectivity index (χ0v) is 8.21. The van der Waals surface area contributed by atoms with E-state index in [0.717, 1.165) is 0 Å². The van der Waals surface area contributed by atoms with E-state index in [-0.39, 0.29) is 22.9 Å². The zero-order chi connectivity index (χ0) is 10.7. The lowest BCUT2D eigenvalue weighted by molar-refractivity contribution is 0.0693. The Morgan fingerprint density at radius 1 is 1.57 bits per heavy atom. The van der Waals surface area contributed by atoms with Gasteiger partial charge in [0.25, 0.3) is 0 Å². The quantitative estimate of drug-likeness (QED) is 0.810. The van der Waals surface area contributed by atoms with E-state index < -0.39 is 5.97 Å². The smallest absolute Gasteiger partial charge is 0.339 e. The first-order valence-corrected chi connectivity index (χ1v) is 4.17. The maximum Gasteiger partial charge on any atom is 0.339 e. The van der Waals surface area contributed by atoms with Gasteiger partial charge < -0.3 is 14.9 Å². The largest absolute Gasteiger partial charge is 0.507 e. The van der Waals surface area contributed by atoms with Crippen LogP contribution in [0.3, 0.4) is 0 Å². The van der Waals surface area contributed by atoms with Crippen LogP contribution in [0.2, 0.25) is 5.02 Å². The molecule has 1 aromatic rings. The predicted molar refractivity (Wildman–Crippen MR) is 50.8 cm³/mol. The van der Waals surface area contributed by atoms with Crippen LogP contribution in [0.4, 0.5) is 0 Å². The van der Waals surface area contributed by atoms with E-state index in [1.807, 2.05) is 0 Å². The summed E-state index contributed by atoms with van der Waals surface area (Å²) in [7, 11) is 1.45. The van der Waals surface area contributed by atoms with E-state index in [9.17, 15) is 9.90 Å². The lowest BCUT2D eigenvalue weighted by Gasteiger charge is -2.06. The van der Waals surface area contributed by atoms with E-state index in [2.05, 4.69) is 0 Å². The fourth-order valence-electron chi connectivity index (χ4n) is 1.08. The third-order valence-electron chi connectivity index (χ3n) is 1.68. The predicted octanol–water partition coefficient (Wildman–Crippen LogP) is 1.89. The van der Waals surface area contributed by atoms with Crippen molar-refractivity contribution >= 4 is 17.6 Å². The van der Waals surface area contributed by atoms with Gasteiger partial charge in [-0.3, -0.25) is 0 Å². The lowest BCUT2D eigenvalue weighted by Crippen LogP contribution is -2.00. The first-order chi connectivity index (χ1) is 6.56. The molecule has 0 spiro atoms. The van der Waals surface area contributed by atoms with Crippen molar-refractivity contribution in [3.63, 3.8) is 0 Å². The molecule has 0 heterocycles. The number of carboxylic acid groups (broad SMARTS) is 1. The molecule has 14 heavy (non-hydrogen) atoms. The Bertz CT molecular complexity index is 362. The highest BCUT2D eigenvalue weighted by molar-refractivity contribution is 6.31. The second-order valence-corrected chi connectivity index (χ2v) is 3.14. The number of carbonyl (C=O) groups is 1. The standard InChI is InChI=1S/C9H9ClO4/c1-14-4-5-2-6(10)3-7(8(5)11)9(12)13/h2-3,11H,4H2,1H3,(H,12,13). The molecule has 1 aromatic carbocycles. The van der Waals surface area contributed by atoms with Gasteiger partial charge in [0, 0.05) is 17.7 Å². The van der Waals surface area contributed by atoms with Crippen molar-refractivity contribution in [2.75, 3.05) is 7.11 Å². The highest BCUT2D eigenvalue weighted by Gasteiger charge is 2.14. The Hall–Kier alpha value is -1.26. The van der Waals surface area contributed by atoms with Crippen molar-refractivity contribution in [3.05, 3.63) is 28.3 Å². The monoisotopic (exact) mass is 216 g/mol. The number of carboxylic acids is 1. The number of hydrogen-bond donors (Lipinski definition) is 2. The van der Waals surface area contributed by atoms with Crippen molar-refractivity contribution < 1.29 is 19.7 Å². The molecule has 4 nitrogen and oxygen atoms in total. The summed E-state index contributed by atoms with van der Waals surface area (Å²) in [6.45, 7) is 0.118. The molecule has 5 heteroatoms. The maximum absolute atomic E-state index is 10.7.